The molecule has 8 heteroatoms. The van der Waals surface area contributed by atoms with Gasteiger partial charge in [0.05, 0.1) is 6.26 Å². The predicted molar refractivity (Wildman–Crippen MR) is 87.7 cm³/mol. The number of benzene rings is 1. The lowest BCUT2D eigenvalue weighted by Crippen LogP contribution is -2.34. The fraction of sp³-hybridized carbons (Fsp3) is 0.467. The van der Waals surface area contributed by atoms with Crippen LogP contribution in [0.25, 0.3) is 0 Å². The Balaban J connectivity index is 1.98. The number of anilines is 1. The first-order chi connectivity index (χ1) is 10.6. The molecule has 0 radical (unpaired) electrons. The van der Waals surface area contributed by atoms with Crippen LogP contribution in [-0.2, 0) is 10.0 Å². The van der Waals surface area contributed by atoms with E-state index in [1.54, 1.807) is 17.0 Å². The van der Waals surface area contributed by atoms with Gasteiger partial charge in [-0.3, -0.25) is 4.79 Å². The normalized spacial score (nSPS) is 16.9. The summed E-state index contributed by atoms with van der Waals surface area (Å²) in [7, 11) is -3.60. The molecule has 23 heavy (non-hydrogen) atoms. The first-order valence-corrected chi connectivity index (χ1v) is 9.13. The van der Waals surface area contributed by atoms with E-state index in [-0.39, 0.29) is 17.0 Å². The van der Waals surface area contributed by atoms with Crippen LogP contribution in [-0.4, -0.2) is 44.6 Å². The molecular weight excluding hydrogens is 318 g/mol. The molecule has 3 amide bonds. The van der Waals surface area contributed by atoms with Crippen molar-refractivity contribution in [2.75, 3.05) is 24.7 Å². The second kappa shape index (κ2) is 6.19. The Hall–Kier alpha value is -2.09. The molecule has 1 aliphatic heterocycles. The number of urea groups is 1. The van der Waals surface area contributed by atoms with Gasteiger partial charge >= 0.3 is 6.03 Å². The fourth-order valence-corrected chi connectivity index (χ4v) is 2.88. The minimum Gasteiger partial charge on any atom is -0.324 e. The molecule has 0 atom stereocenters. The van der Waals surface area contributed by atoms with Gasteiger partial charge in [0.1, 0.15) is 0 Å². The Labute approximate surface area is 136 Å². The van der Waals surface area contributed by atoms with E-state index in [9.17, 15) is 18.0 Å². The fourth-order valence-electron chi connectivity index (χ4n) is 2.42. The molecule has 0 aromatic heterocycles. The molecule has 1 heterocycles. The highest BCUT2D eigenvalue weighted by Gasteiger charge is 2.31. The van der Waals surface area contributed by atoms with Gasteiger partial charge in [-0.15, -0.1) is 0 Å². The maximum Gasteiger partial charge on any atom is 0.321 e. The van der Waals surface area contributed by atoms with E-state index in [0.29, 0.717) is 18.8 Å². The van der Waals surface area contributed by atoms with E-state index in [2.05, 4.69) is 19.2 Å². The topological polar surface area (TPSA) is 95.6 Å². The summed E-state index contributed by atoms with van der Waals surface area (Å²) >= 11 is 0. The molecule has 0 bridgehead atoms. The van der Waals surface area contributed by atoms with E-state index in [4.69, 9.17) is 0 Å². The van der Waals surface area contributed by atoms with Crippen molar-refractivity contribution in [3.63, 3.8) is 0 Å². The van der Waals surface area contributed by atoms with Crippen LogP contribution in [0.3, 0.4) is 0 Å². The van der Waals surface area contributed by atoms with Gasteiger partial charge in [-0.1, -0.05) is 13.8 Å². The number of hydrogen-bond acceptors (Lipinski definition) is 4. The van der Waals surface area contributed by atoms with Crippen LogP contribution in [0.1, 0.15) is 30.6 Å². The SMILES string of the molecule is CC1(C)CCN(C(=O)Nc2ccc(C(=O)NS(C)(=O)=O)cc2)C1. The van der Waals surface area contributed by atoms with Gasteiger partial charge in [-0.25, -0.2) is 17.9 Å². The van der Waals surface area contributed by atoms with Crippen molar-refractivity contribution in [1.29, 1.82) is 0 Å². The summed E-state index contributed by atoms with van der Waals surface area (Å²) in [5.41, 5.74) is 0.886. The number of nitrogens with zero attached hydrogens (tertiary/aromatic N) is 1. The van der Waals surface area contributed by atoms with E-state index >= 15 is 0 Å². The Morgan fingerprint density at radius 1 is 1.17 bits per heavy atom. The van der Waals surface area contributed by atoms with E-state index in [1.165, 1.54) is 12.1 Å². The standard InChI is InChI=1S/C15H21N3O4S/c1-15(2)8-9-18(10-15)14(20)16-12-6-4-11(5-7-12)13(19)17-23(3,21)22/h4-7H,8-10H2,1-3H3,(H,16,20)(H,17,19). The van der Waals surface area contributed by atoms with Crippen LogP contribution in [0.4, 0.5) is 10.5 Å². The summed E-state index contributed by atoms with van der Waals surface area (Å²) in [6.07, 6.45) is 1.88. The van der Waals surface area contributed by atoms with Crippen molar-refractivity contribution in [3.8, 4) is 0 Å². The molecule has 1 aromatic carbocycles. The number of carbonyl (C=O) groups excluding carboxylic acids is 2. The third-order valence-corrected chi connectivity index (χ3v) is 4.20. The van der Waals surface area contributed by atoms with Gasteiger partial charge in [0.25, 0.3) is 5.91 Å². The molecule has 1 fully saturated rings. The van der Waals surface area contributed by atoms with Crippen molar-refractivity contribution in [2.24, 2.45) is 5.41 Å². The molecule has 1 aromatic rings. The molecule has 2 N–H and O–H groups in total. The number of nitrogens with one attached hydrogen (secondary N) is 2. The van der Waals surface area contributed by atoms with Gasteiger partial charge in [0.2, 0.25) is 10.0 Å². The second-order valence-corrected chi connectivity index (χ2v) is 8.30. The lowest BCUT2D eigenvalue weighted by atomic mass is 9.93. The maximum atomic E-state index is 12.2. The Morgan fingerprint density at radius 3 is 2.26 bits per heavy atom. The zero-order valence-electron chi connectivity index (χ0n) is 13.4. The van der Waals surface area contributed by atoms with Crippen LogP contribution in [0.15, 0.2) is 24.3 Å². The summed E-state index contributed by atoms with van der Waals surface area (Å²) in [6, 6.07) is 5.88. The molecule has 126 valence electrons. The number of hydrogen-bond donors (Lipinski definition) is 2. The minimum absolute atomic E-state index is 0.130. The third-order valence-electron chi connectivity index (χ3n) is 3.64. The monoisotopic (exact) mass is 339 g/mol. The Morgan fingerprint density at radius 2 is 1.78 bits per heavy atom. The number of likely N-dealkylation sites (tertiary alicyclic amines) is 1. The van der Waals surface area contributed by atoms with Crippen molar-refractivity contribution >= 4 is 27.6 Å². The minimum atomic E-state index is -3.60. The predicted octanol–water partition coefficient (Wildman–Crippen LogP) is 1.64. The molecule has 7 nitrogen and oxygen atoms in total. The summed E-state index contributed by atoms with van der Waals surface area (Å²) in [6.45, 7) is 5.66. The molecule has 1 aliphatic rings. The van der Waals surface area contributed by atoms with Crippen molar-refractivity contribution < 1.29 is 18.0 Å². The van der Waals surface area contributed by atoms with Crippen LogP contribution >= 0.6 is 0 Å². The average molecular weight is 339 g/mol. The number of rotatable bonds is 3. The molecule has 2 rings (SSSR count). The lowest BCUT2D eigenvalue weighted by molar-refractivity contribution is 0.0981. The Kier molecular flexibility index (Phi) is 4.65. The molecule has 0 saturated carbocycles. The highest BCUT2D eigenvalue weighted by Crippen LogP contribution is 2.29. The lowest BCUT2D eigenvalue weighted by Gasteiger charge is -2.20. The average Bonchev–Trinajstić information content (AvgIpc) is 2.78. The highest BCUT2D eigenvalue weighted by atomic mass is 32.2. The van der Waals surface area contributed by atoms with Crippen molar-refractivity contribution in [2.45, 2.75) is 20.3 Å². The summed E-state index contributed by atoms with van der Waals surface area (Å²) < 4.78 is 24.0. The smallest absolute Gasteiger partial charge is 0.321 e. The zero-order valence-corrected chi connectivity index (χ0v) is 14.2. The van der Waals surface area contributed by atoms with E-state index in [0.717, 1.165) is 12.7 Å². The molecule has 0 aliphatic carbocycles. The summed E-state index contributed by atoms with van der Waals surface area (Å²) in [5, 5.41) is 2.77. The van der Waals surface area contributed by atoms with Gasteiger partial charge in [-0.2, -0.15) is 0 Å². The first-order valence-electron chi connectivity index (χ1n) is 7.24. The van der Waals surface area contributed by atoms with Gasteiger partial charge < -0.3 is 10.2 Å². The van der Waals surface area contributed by atoms with Gasteiger partial charge in [0, 0.05) is 24.3 Å². The maximum absolute atomic E-state index is 12.2. The quantitative estimate of drug-likeness (QED) is 0.875. The van der Waals surface area contributed by atoms with Crippen molar-refractivity contribution in [1.82, 2.24) is 9.62 Å². The first kappa shape index (κ1) is 17.3. The van der Waals surface area contributed by atoms with Gasteiger partial charge in [-0.05, 0) is 36.1 Å². The van der Waals surface area contributed by atoms with Crippen molar-refractivity contribution in [3.05, 3.63) is 29.8 Å². The van der Waals surface area contributed by atoms with Crippen LogP contribution in [0.2, 0.25) is 0 Å². The van der Waals surface area contributed by atoms with Crippen LogP contribution in [0, 0.1) is 5.41 Å². The number of sulfonamides is 1. The molecular formula is C15H21N3O4S. The van der Waals surface area contributed by atoms with E-state index in [1.807, 2.05) is 4.72 Å². The Bertz CT molecular complexity index is 711. The summed E-state index contributed by atoms with van der Waals surface area (Å²) in [5.74, 6) is -0.702. The molecule has 0 unspecified atom stereocenters. The summed E-state index contributed by atoms with van der Waals surface area (Å²) in [4.78, 5) is 25.6. The van der Waals surface area contributed by atoms with Crippen LogP contribution in [0.5, 0.6) is 0 Å². The molecule has 1 saturated heterocycles. The third kappa shape index (κ3) is 4.95. The highest BCUT2D eigenvalue weighted by molar-refractivity contribution is 7.89. The van der Waals surface area contributed by atoms with E-state index < -0.39 is 15.9 Å². The van der Waals surface area contributed by atoms with Crippen LogP contribution < -0.4 is 10.0 Å². The number of amides is 3. The van der Waals surface area contributed by atoms with Gasteiger partial charge in [0.15, 0.2) is 0 Å². The molecule has 0 spiro atoms. The largest absolute Gasteiger partial charge is 0.324 e. The number of carbonyl (C=O) groups is 2. The second-order valence-electron chi connectivity index (χ2n) is 6.55. The zero-order chi connectivity index (χ0) is 17.3.